The molecule has 2 N–H and O–H groups in total. The highest BCUT2D eigenvalue weighted by Gasteiger charge is 2.07. The lowest BCUT2D eigenvalue weighted by Gasteiger charge is -1.91. The maximum absolute atomic E-state index is 9.97. The third-order valence-electron chi connectivity index (χ3n) is 0.455. The molecule has 0 fully saturated rings. The van der Waals surface area contributed by atoms with Crippen LogP contribution in [0.3, 0.4) is 0 Å². The van der Waals surface area contributed by atoms with Crippen molar-refractivity contribution in [2.75, 3.05) is 12.4 Å². The molecule has 0 aromatic heterocycles. The first-order chi connectivity index (χ1) is 3.62. The monoisotopic (exact) mass is 142 g/mol. The minimum Gasteiger partial charge on any atom is -0.395 e. The van der Waals surface area contributed by atoms with Gasteiger partial charge in [0, 0.05) is 0 Å². The van der Waals surface area contributed by atoms with Crippen molar-refractivity contribution >= 4 is 10.1 Å². The Kier molecular flexibility index (Phi) is 2.91. The number of hydrogen-bond donors (Lipinski definition) is 2. The molecule has 0 saturated carbocycles. The van der Waals surface area contributed by atoms with E-state index in [9.17, 15) is 8.42 Å². The molecule has 0 spiro atoms. The van der Waals surface area contributed by atoms with Crippen LogP contribution in [0.5, 0.6) is 0 Å². The highest BCUT2D eigenvalue weighted by atomic mass is 32.2. The summed E-state index contributed by atoms with van der Waals surface area (Å²) in [7, 11) is -3.86. The first-order valence-electron chi connectivity index (χ1n) is 1.79. The molecule has 8 heavy (non-hydrogen) atoms. The van der Waals surface area contributed by atoms with Gasteiger partial charge >= 0.3 is 0 Å². The lowest BCUT2D eigenvalue weighted by Crippen LogP contribution is -2.10. The predicted molar refractivity (Wildman–Crippen MR) is 24.6 cm³/mol. The molecule has 0 aromatic carbocycles. The highest BCUT2D eigenvalue weighted by Crippen LogP contribution is 1.85. The van der Waals surface area contributed by atoms with Crippen molar-refractivity contribution in [2.24, 2.45) is 0 Å². The van der Waals surface area contributed by atoms with Crippen molar-refractivity contribution in [3.05, 3.63) is 0 Å². The molecule has 0 rings (SSSR count). The third-order valence-corrected chi connectivity index (χ3v) is 1.36. The zero-order chi connectivity index (χ0) is 6.62. The van der Waals surface area contributed by atoms with Crippen LogP contribution in [0.15, 0.2) is 0 Å². The van der Waals surface area contributed by atoms with Gasteiger partial charge in [-0.3, -0.25) is 0 Å². The predicted octanol–water partition coefficient (Wildman–Crippen LogP) is -1.20. The molecule has 0 amide bonds. The van der Waals surface area contributed by atoms with Crippen LogP contribution in [0.1, 0.15) is 0 Å². The van der Waals surface area contributed by atoms with Crippen molar-refractivity contribution in [1.29, 1.82) is 0 Å². The van der Waals surface area contributed by atoms with Gasteiger partial charge in [0.25, 0.3) is 10.1 Å². The molecule has 0 aliphatic carbocycles. The molecule has 50 valence electrons. The van der Waals surface area contributed by atoms with E-state index in [0.29, 0.717) is 0 Å². The van der Waals surface area contributed by atoms with Gasteiger partial charge in [-0.2, -0.15) is 8.42 Å². The Morgan fingerprint density at radius 2 is 2.00 bits per heavy atom. The highest BCUT2D eigenvalue weighted by molar-refractivity contribution is 7.86. The summed E-state index contributed by atoms with van der Waals surface area (Å²) < 4.78 is 22.9. The molecule has 0 bridgehead atoms. The van der Waals surface area contributed by atoms with E-state index in [1.807, 2.05) is 0 Å². The van der Waals surface area contributed by atoms with Crippen LogP contribution < -0.4 is 0 Å². The van der Waals surface area contributed by atoms with Crippen LogP contribution in [0.25, 0.3) is 0 Å². The molecule has 0 aliphatic rings. The SMILES string of the molecule is O=S(=O)(CCO)OO. The number of aliphatic hydroxyl groups is 1. The molecule has 0 atom stereocenters. The van der Waals surface area contributed by atoms with E-state index >= 15 is 0 Å². The molecule has 5 nitrogen and oxygen atoms in total. The largest absolute Gasteiger partial charge is 0.395 e. The number of aliphatic hydroxyl groups excluding tert-OH is 1. The first-order valence-corrected chi connectivity index (χ1v) is 3.36. The van der Waals surface area contributed by atoms with Crippen LogP contribution in [0.2, 0.25) is 0 Å². The second-order valence-electron chi connectivity index (χ2n) is 1.06. The zero-order valence-electron chi connectivity index (χ0n) is 3.94. The van der Waals surface area contributed by atoms with Crippen molar-refractivity contribution in [3.63, 3.8) is 0 Å². The van der Waals surface area contributed by atoms with Crippen molar-refractivity contribution in [1.82, 2.24) is 0 Å². The Labute approximate surface area is 46.6 Å². The number of hydrogen-bond acceptors (Lipinski definition) is 5. The molecule has 0 heterocycles. The molecule has 0 saturated heterocycles. The second-order valence-corrected chi connectivity index (χ2v) is 2.73. The molecular weight excluding hydrogens is 136 g/mol. The molecular formula is C2H6O5S. The fourth-order valence-corrected chi connectivity index (χ4v) is 0.447. The van der Waals surface area contributed by atoms with E-state index < -0.39 is 22.5 Å². The van der Waals surface area contributed by atoms with Gasteiger partial charge in [0.1, 0.15) is 5.75 Å². The maximum Gasteiger partial charge on any atom is 0.295 e. The van der Waals surface area contributed by atoms with Gasteiger partial charge in [0.2, 0.25) is 0 Å². The lowest BCUT2D eigenvalue weighted by molar-refractivity contribution is -0.130. The van der Waals surface area contributed by atoms with Crippen molar-refractivity contribution in [3.8, 4) is 0 Å². The summed E-state index contributed by atoms with van der Waals surface area (Å²) in [6.45, 7) is -0.553. The summed E-state index contributed by atoms with van der Waals surface area (Å²) in [6, 6.07) is 0. The summed E-state index contributed by atoms with van der Waals surface area (Å²) in [5.74, 6) is -0.580. The first kappa shape index (κ1) is 7.83. The van der Waals surface area contributed by atoms with E-state index in [1.165, 1.54) is 0 Å². The smallest absolute Gasteiger partial charge is 0.295 e. The van der Waals surface area contributed by atoms with E-state index in [-0.39, 0.29) is 0 Å². The fraction of sp³-hybridized carbons (Fsp3) is 1.00. The van der Waals surface area contributed by atoms with Gasteiger partial charge < -0.3 is 5.11 Å². The number of rotatable bonds is 3. The third kappa shape index (κ3) is 2.92. The van der Waals surface area contributed by atoms with Crippen LogP contribution in [0.4, 0.5) is 0 Å². The van der Waals surface area contributed by atoms with Crippen LogP contribution in [0, 0.1) is 0 Å². The second kappa shape index (κ2) is 2.98. The van der Waals surface area contributed by atoms with Gasteiger partial charge in [0.15, 0.2) is 0 Å². The van der Waals surface area contributed by atoms with Gasteiger partial charge in [-0.15, -0.1) is 4.33 Å². The molecule has 0 aliphatic heterocycles. The summed E-state index contributed by atoms with van der Waals surface area (Å²) in [6.07, 6.45) is 0. The average molecular weight is 142 g/mol. The molecule has 0 aromatic rings. The quantitative estimate of drug-likeness (QED) is 0.382. The topological polar surface area (TPSA) is 83.8 Å². The van der Waals surface area contributed by atoms with E-state index in [0.717, 1.165) is 0 Å². The Bertz CT molecular complexity index is 135. The van der Waals surface area contributed by atoms with Crippen molar-refractivity contribution in [2.45, 2.75) is 0 Å². The lowest BCUT2D eigenvalue weighted by atomic mass is 10.9. The van der Waals surface area contributed by atoms with Crippen LogP contribution >= 0.6 is 0 Å². The Balaban J connectivity index is 3.76. The van der Waals surface area contributed by atoms with Gasteiger partial charge in [-0.25, -0.2) is 5.26 Å². The fourth-order valence-electron chi connectivity index (χ4n) is 0.149. The van der Waals surface area contributed by atoms with E-state index in [1.54, 1.807) is 0 Å². The standard InChI is InChI=1S/C2H6O5S/c3-1-2-8(5,6)7-4/h3-4H,1-2H2. The minimum absolute atomic E-state index is 0.553. The van der Waals surface area contributed by atoms with E-state index in [2.05, 4.69) is 4.33 Å². The van der Waals surface area contributed by atoms with Crippen LogP contribution in [-0.4, -0.2) is 31.1 Å². The van der Waals surface area contributed by atoms with Gasteiger partial charge in [-0.05, 0) is 0 Å². The molecule has 0 radical (unpaired) electrons. The van der Waals surface area contributed by atoms with Crippen LogP contribution in [-0.2, 0) is 14.5 Å². The van der Waals surface area contributed by atoms with Gasteiger partial charge in [-0.1, -0.05) is 0 Å². The van der Waals surface area contributed by atoms with Crippen molar-refractivity contribution < 1.29 is 23.1 Å². The normalized spacial score (nSPS) is 11.8. The molecule has 6 heteroatoms. The molecule has 0 unspecified atom stereocenters. The average Bonchev–Trinajstić information content (AvgIpc) is 1.67. The minimum atomic E-state index is -3.86. The van der Waals surface area contributed by atoms with E-state index in [4.69, 9.17) is 10.4 Å². The summed E-state index contributed by atoms with van der Waals surface area (Å²) in [4.78, 5) is 0. The maximum atomic E-state index is 9.97. The Morgan fingerprint density at radius 3 is 2.12 bits per heavy atom. The summed E-state index contributed by atoms with van der Waals surface area (Å²) >= 11 is 0. The Hall–Kier alpha value is -0.170. The van der Waals surface area contributed by atoms with Gasteiger partial charge in [0.05, 0.1) is 6.61 Å². The summed E-state index contributed by atoms with van der Waals surface area (Å²) in [5.41, 5.74) is 0. The zero-order valence-corrected chi connectivity index (χ0v) is 4.76. The summed E-state index contributed by atoms with van der Waals surface area (Å²) in [5, 5.41) is 15.5. The Morgan fingerprint density at radius 1 is 1.50 bits per heavy atom.